The third kappa shape index (κ3) is 4.80. The molecule has 0 aliphatic carbocycles. The molecule has 1 N–H and O–H groups in total. The first-order valence-corrected chi connectivity index (χ1v) is 11.1. The second-order valence-electron chi connectivity index (χ2n) is 6.75. The fourth-order valence-corrected chi connectivity index (χ4v) is 4.36. The molecule has 3 aromatic rings. The van der Waals surface area contributed by atoms with Crippen molar-refractivity contribution in [1.82, 2.24) is 14.9 Å². The number of anilines is 1. The van der Waals surface area contributed by atoms with Crippen LogP contribution in [0.15, 0.2) is 67.3 Å². The van der Waals surface area contributed by atoms with Crippen molar-refractivity contribution in [2.75, 3.05) is 17.7 Å². The number of nitrogens with one attached hydrogen (secondary N) is 1. The number of nitrogens with zero attached hydrogens (tertiary/aromatic N) is 3. The second-order valence-corrected chi connectivity index (χ2v) is 8.61. The zero-order valence-electron chi connectivity index (χ0n) is 17.0. The Morgan fingerprint density at radius 2 is 1.90 bits per heavy atom. The van der Waals surface area contributed by atoms with Crippen molar-refractivity contribution in [1.29, 1.82) is 0 Å². The first-order chi connectivity index (χ1) is 14.3. The third-order valence-electron chi connectivity index (χ3n) is 4.64. The molecule has 2 aromatic carbocycles. The largest absolute Gasteiger partial charge is 0.497 e. The van der Waals surface area contributed by atoms with Crippen molar-refractivity contribution in [3.8, 4) is 11.4 Å². The summed E-state index contributed by atoms with van der Waals surface area (Å²) in [5.74, 6) is 0.192. The number of para-hydroxylation sites is 1. The highest BCUT2D eigenvalue weighted by atomic mass is 32.2. The standard InChI is InChI=1S/C21H24N4O4S/c1-16(25(30(3,27)28)18-8-10-19(29-2)11-9-18)21(26)23-14-17-6-4-5-7-20(17)24-13-12-22-15-24/h4-13,15-16H,14H2,1-3H3,(H,23,26)/t16-/m1/s1. The van der Waals surface area contributed by atoms with Crippen molar-refractivity contribution in [2.45, 2.75) is 19.5 Å². The number of hydrogen-bond donors (Lipinski definition) is 1. The van der Waals surface area contributed by atoms with Crippen molar-refractivity contribution in [3.63, 3.8) is 0 Å². The molecule has 0 unspecified atom stereocenters. The Labute approximate surface area is 176 Å². The van der Waals surface area contributed by atoms with Crippen LogP contribution in [0.1, 0.15) is 12.5 Å². The molecule has 0 saturated carbocycles. The smallest absolute Gasteiger partial charge is 0.243 e. The van der Waals surface area contributed by atoms with E-state index in [1.54, 1.807) is 43.7 Å². The van der Waals surface area contributed by atoms with Crippen molar-refractivity contribution in [2.24, 2.45) is 0 Å². The first-order valence-electron chi connectivity index (χ1n) is 9.28. The van der Waals surface area contributed by atoms with E-state index in [1.807, 2.05) is 35.0 Å². The number of amides is 1. The predicted molar refractivity (Wildman–Crippen MR) is 115 cm³/mol. The molecule has 0 bridgehead atoms. The summed E-state index contributed by atoms with van der Waals surface area (Å²) < 4.78 is 32.9. The Morgan fingerprint density at radius 1 is 1.20 bits per heavy atom. The van der Waals surface area contributed by atoms with Crippen molar-refractivity contribution >= 4 is 21.6 Å². The molecule has 0 saturated heterocycles. The van der Waals surface area contributed by atoms with Gasteiger partial charge in [0.25, 0.3) is 0 Å². The van der Waals surface area contributed by atoms with Gasteiger partial charge in [-0.05, 0) is 42.8 Å². The van der Waals surface area contributed by atoms with Gasteiger partial charge in [0, 0.05) is 18.9 Å². The fraction of sp³-hybridized carbons (Fsp3) is 0.238. The maximum atomic E-state index is 12.8. The highest BCUT2D eigenvalue weighted by Crippen LogP contribution is 2.24. The van der Waals surface area contributed by atoms with Crippen LogP contribution in [0.2, 0.25) is 0 Å². The van der Waals surface area contributed by atoms with Crippen molar-refractivity contribution in [3.05, 3.63) is 72.8 Å². The average Bonchev–Trinajstić information content (AvgIpc) is 3.26. The van der Waals surface area contributed by atoms with E-state index in [0.29, 0.717) is 11.4 Å². The highest BCUT2D eigenvalue weighted by Gasteiger charge is 2.29. The molecule has 0 fully saturated rings. The maximum Gasteiger partial charge on any atom is 0.243 e. The van der Waals surface area contributed by atoms with Crippen LogP contribution in [-0.2, 0) is 21.4 Å². The summed E-state index contributed by atoms with van der Waals surface area (Å²) in [7, 11) is -2.16. The second kappa shape index (κ2) is 9.00. The van der Waals surface area contributed by atoms with Crippen LogP contribution in [-0.4, -0.2) is 43.3 Å². The molecule has 1 heterocycles. The van der Waals surface area contributed by atoms with E-state index in [4.69, 9.17) is 4.74 Å². The first kappa shape index (κ1) is 21.4. The lowest BCUT2D eigenvalue weighted by molar-refractivity contribution is -0.122. The molecule has 0 spiro atoms. The van der Waals surface area contributed by atoms with Crippen LogP contribution in [0.3, 0.4) is 0 Å². The van der Waals surface area contributed by atoms with E-state index in [0.717, 1.165) is 21.8 Å². The van der Waals surface area contributed by atoms with Gasteiger partial charge in [-0.2, -0.15) is 0 Å². The SMILES string of the molecule is COc1ccc(N([C@H](C)C(=O)NCc2ccccc2-n2ccnc2)S(C)(=O)=O)cc1. The number of imidazole rings is 1. The van der Waals surface area contributed by atoms with E-state index < -0.39 is 22.0 Å². The van der Waals surface area contributed by atoms with Crippen LogP contribution in [0.25, 0.3) is 5.69 Å². The number of ether oxygens (including phenoxy) is 1. The van der Waals surface area contributed by atoms with Gasteiger partial charge in [-0.15, -0.1) is 0 Å². The summed E-state index contributed by atoms with van der Waals surface area (Å²) in [4.78, 5) is 16.9. The minimum Gasteiger partial charge on any atom is -0.497 e. The van der Waals surface area contributed by atoms with Crippen LogP contribution < -0.4 is 14.4 Å². The minimum atomic E-state index is -3.69. The summed E-state index contributed by atoms with van der Waals surface area (Å²) in [6, 6.07) is 13.2. The van der Waals surface area contributed by atoms with Crippen LogP contribution >= 0.6 is 0 Å². The predicted octanol–water partition coefficient (Wildman–Crippen LogP) is 2.35. The zero-order chi connectivity index (χ0) is 21.7. The molecule has 1 aromatic heterocycles. The van der Waals surface area contributed by atoms with Gasteiger partial charge in [-0.1, -0.05) is 18.2 Å². The van der Waals surface area contributed by atoms with E-state index in [2.05, 4.69) is 10.3 Å². The van der Waals surface area contributed by atoms with Gasteiger partial charge in [0.05, 0.1) is 31.1 Å². The Balaban J connectivity index is 1.78. The fourth-order valence-electron chi connectivity index (χ4n) is 3.18. The third-order valence-corrected chi connectivity index (χ3v) is 5.88. The summed E-state index contributed by atoms with van der Waals surface area (Å²) in [5.41, 5.74) is 2.16. The molecule has 30 heavy (non-hydrogen) atoms. The lowest BCUT2D eigenvalue weighted by Crippen LogP contribution is -2.47. The number of benzene rings is 2. The maximum absolute atomic E-state index is 12.8. The van der Waals surface area contributed by atoms with Gasteiger partial charge in [-0.3, -0.25) is 9.10 Å². The van der Waals surface area contributed by atoms with Crippen LogP contribution in [0, 0.1) is 0 Å². The number of rotatable bonds is 8. The van der Waals surface area contributed by atoms with Gasteiger partial charge >= 0.3 is 0 Å². The molecule has 1 atom stereocenters. The normalized spacial score (nSPS) is 12.2. The number of hydrogen-bond acceptors (Lipinski definition) is 5. The average molecular weight is 429 g/mol. The van der Waals surface area contributed by atoms with E-state index in [9.17, 15) is 13.2 Å². The van der Waals surface area contributed by atoms with Gasteiger partial charge in [0.2, 0.25) is 15.9 Å². The summed E-state index contributed by atoms with van der Waals surface area (Å²) in [6.07, 6.45) is 6.25. The van der Waals surface area contributed by atoms with Gasteiger partial charge in [0.1, 0.15) is 11.8 Å². The quantitative estimate of drug-likeness (QED) is 0.594. The lowest BCUT2D eigenvalue weighted by Gasteiger charge is -2.28. The monoisotopic (exact) mass is 428 g/mol. The number of sulfonamides is 1. The van der Waals surface area contributed by atoms with Crippen LogP contribution in [0.4, 0.5) is 5.69 Å². The lowest BCUT2D eigenvalue weighted by atomic mass is 10.1. The molecule has 0 aliphatic heterocycles. The molecule has 0 radical (unpaired) electrons. The Kier molecular flexibility index (Phi) is 6.41. The van der Waals surface area contributed by atoms with Gasteiger partial charge in [-0.25, -0.2) is 13.4 Å². The molecule has 8 nitrogen and oxygen atoms in total. The van der Waals surface area contributed by atoms with E-state index in [-0.39, 0.29) is 6.54 Å². The molecular weight excluding hydrogens is 404 g/mol. The zero-order valence-corrected chi connectivity index (χ0v) is 17.8. The topological polar surface area (TPSA) is 93.5 Å². The molecule has 1 amide bonds. The van der Waals surface area contributed by atoms with Gasteiger partial charge < -0.3 is 14.6 Å². The molecule has 0 aliphatic rings. The highest BCUT2D eigenvalue weighted by molar-refractivity contribution is 7.92. The molecular formula is C21H24N4O4S. The summed E-state index contributed by atoms with van der Waals surface area (Å²) in [5, 5.41) is 2.84. The van der Waals surface area contributed by atoms with E-state index >= 15 is 0 Å². The molecule has 9 heteroatoms. The van der Waals surface area contributed by atoms with Gasteiger partial charge in [0.15, 0.2) is 0 Å². The molecule has 3 rings (SSSR count). The van der Waals surface area contributed by atoms with Crippen LogP contribution in [0.5, 0.6) is 5.75 Å². The number of aromatic nitrogens is 2. The minimum absolute atomic E-state index is 0.248. The Bertz CT molecular complexity index is 1100. The Hall–Kier alpha value is -3.33. The number of carbonyl (C=O) groups is 1. The summed E-state index contributed by atoms with van der Waals surface area (Å²) >= 11 is 0. The van der Waals surface area contributed by atoms with E-state index in [1.165, 1.54) is 7.11 Å². The number of methoxy groups -OCH3 is 1. The molecule has 158 valence electrons. The van der Waals surface area contributed by atoms with Crippen molar-refractivity contribution < 1.29 is 17.9 Å². The Morgan fingerprint density at radius 3 is 2.50 bits per heavy atom. The summed E-state index contributed by atoms with van der Waals surface area (Å²) in [6.45, 7) is 1.81. The number of carbonyl (C=O) groups excluding carboxylic acids is 1.